The largest absolute Gasteiger partial charge is 0.298 e. The summed E-state index contributed by atoms with van der Waals surface area (Å²) in [5.41, 5.74) is 2.01. The maximum atomic E-state index is 10.9. The minimum absolute atomic E-state index is 0.0261. The molecule has 0 aromatic heterocycles. The molecule has 1 fully saturated rings. The van der Waals surface area contributed by atoms with E-state index >= 15 is 0 Å². The first-order chi connectivity index (χ1) is 5.61. The van der Waals surface area contributed by atoms with E-state index in [9.17, 15) is 14.9 Å². The van der Waals surface area contributed by atoms with Gasteiger partial charge in [0.2, 0.25) is 0 Å². The van der Waals surface area contributed by atoms with Crippen molar-refractivity contribution < 1.29 is 9.83 Å². The Morgan fingerprint density at radius 1 is 1.75 bits per heavy atom. The molecule has 12 heavy (non-hydrogen) atoms. The second-order valence-corrected chi connectivity index (χ2v) is 2.82. The molecule has 1 heterocycles. The third kappa shape index (κ3) is 1.91. The number of rotatable bonds is 3. The molecule has 1 aliphatic heterocycles. The number of hydrogen-bond donors (Lipinski definition) is 1. The van der Waals surface area contributed by atoms with Gasteiger partial charge in [0, 0.05) is 6.54 Å². The van der Waals surface area contributed by atoms with E-state index in [1.54, 1.807) is 0 Å². The second kappa shape index (κ2) is 3.48. The molecule has 0 bridgehead atoms. The van der Waals surface area contributed by atoms with Crippen LogP contribution in [-0.2, 0) is 4.79 Å². The van der Waals surface area contributed by atoms with Crippen molar-refractivity contribution >= 4 is 5.78 Å². The molecule has 1 saturated heterocycles. The Morgan fingerprint density at radius 2 is 2.42 bits per heavy atom. The van der Waals surface area contributed by atoms with Crippen molar-refractivity contribution in [2.75, 3.05) is 6.54 Å². The summed E-state index contributed by atoms with van der Waals surface area (Å²) < 4.78 is 0. The van der Waals surface area contributed by atoms with E-state index in [0.29, 0.717) is 13.0 Å². The zero-order chi connectivity index (χ0) is 9.14. The Balaban J connectivity index is 2.52. The van der Waals surface area contributed by atoms with Gasteiger partial charge < -0.3 is 0 Å². The SMILES string of the molecule is CC(=O)C1CCCN1N[N+](=O)[O-]. The van der Waals surface area contributed by atoms with Crippen LogP contribution in [0.25, 0.3) is 0 Å². The minimum atomic E-state index is -0.638. The van der Waals surface area contributed by atoms with E-state index in [2.05, 4.69) is 0 Å². The topological polar surface area (TPSA) is 75.5 Å². The van der Waals surface area contributed by atoms with Gasteiger partial charge in [-0.25, -0.2) is 10.1 Å². The average molecular weight is 173 g/mol. The Hall–Kier alpha value is -1.17. The van der Waals surface area contributed by atoms with Crippen molar-refractivity contribution in [3.8, 4) is 0 Å². The molecule has 0 aromatic carbocycles. The van der Waals surface area contributed by atoms with Gasteiger partial charge in [0.15, 0.2) is 5.03 Å². The number of carbonyl (C=O) groups is 1. The lowest BCUT2D eigenvalue weighted by Gasteiger charge is -2.16. The number of hydrazine groups is 2. The van der Waals surface area contributed by atoms with Gasteiger partial charge in [-0.15, -0.1) is 0 Å². The van der Waals surface area contributed by atoms with Crippen LogP contribution < -0.4 is 5.53 Å². The van der Waals surface area contributed by atoms with Crippen LogP contribution in [0.4, 0.5) is 0 Å². The summed E-state index contributed by atoms with van der Waals surface area (Å²) >= 11 is 0. The van der Waals surface area contributed by atoms with Crippen LogP contribution in [0.15, 0.2) is 0 Å². The molecule has 0 radical (unpaired) electrons. The van der Waals surface area contributed by atoms with Gasteiger partial charge in [0.05, 0.1) is 6.04 Å². The minimum Gasteiger partial charge on any atom is -0.298 e. The summed E-state index contributed by atoms with van der Waals surface area (Å²) in [5.74, 6) is -0.0261. The summed E-state index contributed by atoms with van der Waals surface area (Å²) in [5, 5.41) is 10.8. The highest BCUT2D eigenvalue weighted by atomic mass is 16.7. The second-order valence-electron chi connectivity index (χ2n) is 2.82. The maximum Gasteiger partial charge on any atom is 0.174 e. The molecule has 1 atom stereocenters. The number of hydrogen-bond acceptors (Lipinski definition) is 4. The first-order valence-corrected chi connectivity index (χ1v) is 3.79. The highest BCUT2D eigenvalue weighted by Gasteiger charge is 2.30. The third-order valence-corrected chi connectivity index (χ3v) is 1.93. The number of ketones is 1. The van der Waals surface area contributed by atoms with Crippen LogP contribution in [-0.4, -0.2) is 28.4 Å². The predicted molar refractivity (Wildman–Crippen MR) is 40.5 cm³/mol. The highest BCUT2D eigenvalue weighted by molar-refractivity contribution is 5.81. The van der Waals surface area contributed by atoms with Crippen molar-refractivity contribution in [1.82, 2.24) is 10.5 Å². The van der Waals surface area contributed by atoms with Gasteiger partial charge >= 0.3 is 0 Å². The van der Waals surface area contributed by atoms with E-state index in [-0.39, 0.29) is 11.8 Å². The molecule has 68 valence electrons. The van der Waals surface area contributed by atoms with E-state index in [0.717, 1.165) is 6.42 Å². The fraction of sp³-hybridized carbons (Fsp3) is 0.833. The van der Waals surface area contributed by atoms with Crippen LogP contribution in [0.1, 0.15) is 19.8 Å². The van der Waals surface area contributed by atoms with Crippen LogP contribution in [0.2, 0.25) is 0 Å². The number of carbonyl (C=O) groups excluding carboxylic acids is 1. The number of nitrogens with zero attached hydrogens (tertiary/aromatic N) is 2. The van der Waals surface area contributed by atoms with Gasteiger partial charge in [0.1, 0.15) is 5.78 Å². The average Bonchev–Trinajstić information content (AvgIpc) is 2.33. The molecular formula is C6H11N3O3. The molecule has 0 aliphatic carbocycles. The molecule has 6 nitrogen and oxygen atoms in total. The lowest BCUT2D eigenvalue weighted by Crippen LogP contribution is -2.47. The van der Waals surface area contributed by atoms with Crippen molar-refractivity contribution in [2.45, 2.75) is 25.8 Å². The van der Waals surface area contributed by atoms with Crippen molar-refractivity contribution in [2.24, 2.45) is 0 Å². The fourth-order valence-corrected chi connectivity index (χ4v) is 1.41. The lowest BCUT2D eigenvalue weighted by molar-refractivity contribution is -0.578. The van der Waals surface area contributed by atoms with Crippen molar-refractivity contribution in [1.29, 1.82) is 0 Å². The smallest absolute Gasteiger partial charge is 0.174 e. The van der Waals surface area contributed by atoms with Gasteiger partial charge in [-0.05, 0) is 19.8 Å². The Labute approximate surface area is 69.6 Å². The molecule has 1 N–H and O–H groups in total. The zero-order valence-electron chi connectivity index (χ0n) is 6.82. The molecule has 0 spiro atoms. The maximum absolute atomic E-state index is 10.9. The van der Waals surface area contributed by atoms with Crippen molar-refractivity contribution in [3.05, 3.63) is 10.1 Å². The number of Topliss-reactive ketones (excluding diaryl/α,β-unsaturated/α-hetero) is 1. The summed E-state index contributed by atoms with van der Waals surface area (Å²) in [6, 6.07) is -0.324. The summed E-state index contributed by atoms with van der Waals surface area (Å²) in [6.45, 7) is 2.01. The standard InChI is InChI=1S/C6H11N3O3/c1-5(10)6-3-2-4-8(6)7-9(11)12/h6-7H,2-4H2,1H3. The quantitative estimate of drug-likeness (QED) is 0.470. The van der Waals surface area contributed by atoms with E-state index < -0.39 is 5.03 Å². The van der Waals surface area contributed by atoms with E-state index in [4.69, 9.17) is 0 Å². The molecule has 6 heteroatoms. The van der Waals surface area contributed by atoms with Gasteiger partial charge in [-0.2, -0.15) is 5.01 Å². The molecule has 0 amide bonds. The molecule has 0 saturated carbocycles. The normalized spacial score (nSPS) is 23.9. The Kier molecular flexibility index (Phi) is 2.59. The highest BCUT2D eigenvalue weighted by Crippen LogP contribution is 2.14. The van der Waals surface area contributed by atoms with E-state index in [1.807, 2.05) is 5.53 Å². The monoisotopic (exact) mass is 173 g/mol. The Morgan fingerprint density at radius 3 is 2.92 bits per heavy atom. The number of nitro groups is 1. The van der Waals surface area contributed by atoms with E-state index in [1.165, 1.54) is 11.9 Å². The fourth-order valence-electron chi connectivity index (χ4n) is 1.41. The van der Waals surface area contributed by atoms with Crippen molar-refractivity contribution in [3.63, 3.8) is 0 Å². The Bertz CT molecular complexity index is 206. The molecule has 1 aliphatic rings. The summed E-state index contributed by atoms with van der Waals surface area (Å²) in [4.78, 5) is 21.0. The van der Waals surface area contributed by atoms with Gasteiger partial charge in [0.25, 0.3) is 0 Å². The van der Waals surface area contributed by atoms with Crippen LogP contribution in [0.5, 0.6) is 0 Å². The van der Waals surface area contributed by atoms with Crippen LogP contribution >= 0.6 is 0 Å². The predicted octanol–water partition coefficient (Wildman–Crippen LogP) is -0.264. The molecule has 1 unspecified atom stereocenters. The zero-order valence-corrected chi connectivity index (χ0v) is 6.82. The number of nitrogens with one attached hydrogen (secondary N) is 1. The third-order valence-electron chi connectivity index (χ3n) is 1.93. The molecule has 0 aromatic rings. The van der Waals surface area contributed by atoms with Crippen LogP contribution in [0, 0.1) is 10.1 Å². The molecule has 1 rings (SSSR count). The first kappa shape index (κ1) is 8.92. The van der Waals surface area contributed by atoms with Gasteiger partial charge in [-0.1, -0.05) is 5.53 Å². The molecular weight excluding hydrogens is 162 g/mol. The summed E-state index contributed by atoms with van der Waals surface area (Å²) in [7, 11) is 0. The van der Waals surface area contributed by atoms with Crippen LogP contribution in [0.3, 0.4) is 0 Å². The van der Waals surface area contributed by atoms with Gasteiger partial charge in [-0.3, -0.25) is 4.79 Å². The summed E-state index contributed by atoms with van der Waals surface area (Å²) in [6.07, 6.45) is 1.53. The lowest BCUT2D eigenvalue weighted by atomic mass is 10.2. The first-order valence-electron chi connectivity index (χ1n) is 3.79.